The normalized spacial score (nSPS) is 10.6. The molecule has 0 unspecified atom stereocenters. The number of hydrogen-bond acceptors (Lipinski definition) is 4. The fourth-order valence-corrected chi connectivity index (χ4v) is 2.11. The van der Waals surface area contributed by atoms with Crippen LogP contribution in [-0.2, 0) is 6.54 Å². The molecule has 1 heterocycles. The third-order valence-corrected chi connectivity index (χ3v) is 3.00. The Hall–Kier alpha value is -1.56. The van der Waals surface area contributed by atoms with E-state index in [1.807, 2.05) is 6.07 Å². The zero-order chi connectivity index (χ0) is 11.4. The van der Waals surface area contributed by atoms with Crippen molar-refractivity contribution in [2.45, 2.75) is 11.4 Å². The molecule has 0 aliphatic carbocycles. The first kappa shape index (κ1) is 10.9. The Balaban J connectivity index is 1.87. The second kappa shape index (κ2) is 4.98. The summed E-state index contributed by atoms with van der Waals surface area (Å²) in [5.41, 5.74) is 5.42. The molecule has 0 fully saturated rings. The number of halogens is 1. The van der Waals surface area contributed by atoms with Gasteiger partial charge in [-0.05, 0) is 12.1 Å². The summed E-state index contributed by atoms with van der Waals surface area (Å²) in [7, 11) is 0. The van der Waals surface area contributed by atoms with Crippen molar-refractivity contribution in [1.82, 2.24) is 15.0 Å². The summed E-state index contributed by atoms with van der Waals surface area (Å²) in [4.78, 5) is 0.649. The van der Waals surface area contributed by atoms with Gasteiger partial charge in [-0.1, -0.05) is 17.3 Å². The van der Waals surface area contributed by atoms with Crippen molar-refractivity contribution in [3.8, 4) is 0 Å². The molecule has 16 heavy (non-hydrogen) atoms. The van der Waals surface area contributed by atoms with Gasteiger partial charge in [-0.15, -0.1) is 16.9 Å². The summed E-state index contributed by atoms with van der Waals surface area (Å²) in [5, 5.41) is 7.47. The van der Waals surface area contributed by atoms with Gasteiger partial charge in [0, 0.05) is 10.6 Å². The lowest BCUT2D eigenvalue weighted by Gasteiger charge is -2.02. The Morgan fingerprint density at radius 2 is 2.19 bits per heavy atom. The number of anilines is 1. The number of nitrogens with zero attached hydrogens (tertiary/aromatic N) is 3. The number of thioether (sulfide) groups is 1. The van der Waals surface area contributed by atoms with Crippen molar-refractivity contribution in [3.05, 3.63) is 36.3 Å². The zero-order valence-electron chi connectivity index (χ0n) is 8.51. The largest absolute Gasteiger partial charge is 0.381 e. The number of rotatable bonds is 4. The highest BCUT2D eigenvalue weighted by atomic mass is 32.2. The summed E-state index contributed by atoms with van der Waals surface area (Å²) in [6.45, 7) is 0.656. The molecule has 2 rings (SSSR count). The predicted molar refractivity (Wildman–Crippen MR) is 61.6 cm³/mol. The first-order valence-electron chi connectivity index (χ1n) is 4.78. The van der Waals surface area contributed by atoms with Crippen molar-refractivity contribution in [2.75, 3.05) is 11.5 Å². The maximum atomic E-state index is 13.2. The Morgan fingerprint density at radius 3 is 2.88 bits per heavy atom. The molecule has 0 spiro atoms. The minimum atomic E-state index is -0.189. The van der Waals surface area contributed by atoms with Crippen LogP contribution in [0.2, 0.25) is 0 Å². The summed E-state index contributed by atoms with van der Waals surface area (Å²) in [5.74, 6) is 0.936. The highest BCUT2D eigenvalue weighted by molar-refractivity contribution is 7.99. The third-order valence-electron chi connectivity index (χ3n) is 1.97. The first-order valence-corrected chi connectivity index (χ1v) is 5.77. The Labute approximate surface area is 96.6 Å². The van der Waals surface area contributed by atoms with Gasteiger partial charge in [-0.25, -0.2) is 9.07 Å². The smallest absolute Gasteiger partial charge is 0.165 e. The van der Waals surface area contributed by atoms with Crippen LogP contribution in [-0.4, -0.2) is 20.7 Å². The maximum absolute atomic E-state index is 13.2. The monoisotopic (exact) mass is 238 g/mol. The molecular weight excluding hydrogens is 227 g/mol. The Bertz CT molecular complexity index is 471. The minimum absolute atomic E-state index is 0.189. The van der Waals surface area contributed by atoms with E-state index in [4.69, 9.17) is 5.73 Å². The van der Waals surface area contributed by atoms with Gasteiger partial charge < -0.3 is 5.73 Å². The van der Waals surface area contributed by atoms with Crippen LogP contribution in [0.4, 0.5) is 10.2 Å². The van der Waals surface area contributed by atoms with Gasteiger partial charge in [-0.3, -0.25) is 0 Å². The molecule has 2 aromatic rings. The van der Waals surface area contributed by atoms with Gasteiger partial charge in [0.05, 0.1) is 12.7 Å². The molecule has 0 amide bonds. The molecule has 0 aliphatic heterocycles. The topological polar surface area (TPSA) is 56.7 Å². The fourth-order valence-electron chi connectivity index (χ4n) is 1.23. The van der Waals surface area contributed by atoms with E-state index in [9.17, 15) is 4.39 Å². The summed E-state index contributed by atoms with van der Waals surface area (Å²) in [6.07, 6.45) is 1.65. The molecule has 0 saturated carbocycles. The summed E-state index contributed by atoms with van der Waals surface area (Å²) in [6, 6.07) is 6.71. The fraction of sp³-hybridized carbons (Fsp3) is 0.200. The van der Waals surface area contributed by atoms with Gasteiger partial charge in [0.25, 0.3) is 0 Å². The summed E-state index contributed by atoms with van der Waals surface area (Å²) >= 11 is 1.45. The average Bonchev–Trinajstić information content (AvgIpc) is 2.67. The SMILES string of the molecule is Nc1cn(CCSc2ccccc2F)nn1. The van der Waals surface area contributed by atoms with E-state index in [1.165, 1.54) is 17.8 Å². The molecule has 1 aromatic carbocycles. The Kier molecular flexibility index (Phi) is 3.40. The number of benzene rings is 1. The van der Waals surface area contributed by atoms with Crippen LogP contribution in [0.15, 0.2) is 35.4 Å². The molecule has 0 aliphatic rings. The van der Waals surface area contributed by atoms with Crippen LogP contribution in [0.5, 0.6) is 0 Å². The summed E-state index contributed by atoms with van der Waals surface area (Å²) < 4.78 is 14.9. The third kappa shape index (κ3) is 2.73. The molecule has 0 saturated heterocycles. The second-order valence-corrected chi connectivity index (χ2v) is 4.32. The number of aryl methyl sites for hydroxylation is 1. The molecule has 1 aromatic heterocycles. The van der Waals surface area contributed by atoms with Gasteiger partial charge in [0.2, 0.25) is 0 Å². The van der Waals surface area contributed by atoms with Crippen LogP contribution >= 0.6 is 11.8 Å². The van der Waals surface area contributed by atoms with Crippen LogP contribution in [0.1, 0.15) is 0 Å². The van der Waals surface area contributed by atoms with Crippen molar-refractivity contribution >= 4 is 17.6 Å². The van der Waals surface area contributed by atoms with E-state index < -0.39 is 0 Å². The molecule has 0 bridgehead atoms. The van der Waals surface area contributed by atoms with E-state index in [-0.39, 0.29) is 5.82 Å². The lowest BCUT2D eigenvalue weighted by Crippen LogP contribution is -2.01. The number of nitrogens with two attached hydrogens (primary N) is 1. The van der Waals surface area contributed by atoms with Gasteiger partial charge in [-0.2, -0.15) is 0 Å². The first-order chi connectivity index (χ1) is 7.75. The molecule has 84 valence electrons. The quantitative estimate of drug-likeness (QED) is 0.825. The highest BCUT2D eigenvalue weighted by Gasteiger charge is 2.01. The van der Waals surface area contributed by atoms with Gasteiger partial charge in [0.1, 0.15) is 5.82 Å². The van der Waals surface area contributed by atoms with Crippen molar-refractivity contribution in [3.63, 3.8) is 0 Å². The molecule has 0 atom stereocenters. The van der Waals surface area contributed by atoms with E-state index in [1.54, 1.807) is 23.0 Å². The standard InChI is InChI=1S/C10H11FN4S/c11-8-3-1-2-4-9(8)16-6-5-15-7-10(12)13-14-15/h1-4,7H,5-6,12H2. The van der Waals surface area contributed by atoms with Crippen molar-refractivity contribution in [1.29, 1.82) is 0 Å². The second-order valence-electron chi connectivity index (χ2n) is 3.19. The lowest BCUT2D eigenvalue weighted by atomic mass is 10.3. The lowest BCUT2D eigenvalue weighted by molar-refractivity contribution is 0.600. The number of hydrogen-bond donors (Lipinski definition) is 1. The van der Waals surface area contributed by atoms with E-state index in [0.29, 0.717) is 17.3 Å². The average molecular weight is 238 g/mol. The number of aromatic nitrogens is 3. The maximum Gasteiger partial charge on any atom is 0.165 e. The zero-order valence-corrected chi connectivity index (χ0v) is 9.32. The molecule has 4 nitrogen and oxygen atoms in total. The van der Waals surface area contributed by atoms with Crippen LogP contribution in [0.3, 0.4) is 0 Å². The predicted octanol–water partition coefficient (Wildman–Crippen LogP) is 1.79. The molecule has 6 heteroatoms. The Morgan fingerprint density at radius 1 is 1.38 bits per heavy atom. The van der Waals surface area contributed by atoms with Gasteiger partial charge in [0.15, 0.2) is 5.82 Å². The van der Waals surface area contributed by atoms with E-state index in [0.717, 1.165) is 5.75 Å². The van der Waals surface area contributed by atoms with Crippen LogP contribution in [0.25, 0.3) is 0 Å². The van der Waals surface area contributed by atoms with Crippen LogP contribution in [0, 0.1) is 5.82 Å². The van der Waals surface area contributed by atoms with Gasteiger partial charge >= 0.3 is 0 Å². The number of nitrogen functional groups attached to an aromatic ring is 1. The molecule has 0 radical (unpaired) electrons. The van der Waals surface area contributed by atoms with E-state index in [2.05, 4.69) is 10.3 Å². The van der Waals surface area contributed by atoms with Crippen LogP contribution < -0.4 is 5.73 Å². The van der Waals surface area contributed by atoms with E-state index >= 15 is 0 Å². The molecular formula is C10H11FN4S. The molecule has 2 N–H and O–H groups in total. The van der Waals surface area contributed by atoms with Crippen molar-refractivity contribution in [2.24, 2.45) is 0 Å². The van der Waals surface area contributed by atoms with Crippen molar-refractivity contribution < 1.29 is 4.39 Å². The highest BCUT2D eigenvalue weighted by Crippen LogP contribution is 2.21. The minimum Gasteiger partial charge on any atom is -0.381 e.